The minimum atomic E-state index is 0.154. The number of nitrogens with one attached hydrogen (secondary N) is 1. The summed E-state index contributed by atoms with van der Waals surface area (Å²) in [6, 6.07) is 1.14. The summed E-state index contributed by atoms with van der Waals surface area (Å²) in [5, 5.41) is 3.11. The molecule has 1 amide bonds. The van der Waals surface area contributed by atoms with Crippen molar-refractivity contribution in [3.8, 4) is 0 Å². The van der Waals surface area contributed by atoms with E-state index >= 15 is 0 Å². The third kappa shape index (κ3) is 1.25. The Morgan fingerprint density at radius 2 is 1.86 bits per heavy atom. The fraction of sp³-hybridized carbons (Fsp3) is 0.900. The largest absolute Gasteiger partial charge is 0.333 e. The minimum absolute atomic E-state index is 0.154. The van der Waals surface area contributed by atoms with Crippen LogP contribution in [0, 0.1) is 0 Å². The molecule has 4 heteroatoms. The molecule has 2 bridgehead atoms. The normalized spacial score (nSPS) is 41.5. The van der Waals surface area contributed by atoms with Crippen LogP contribution < -0.4 is 5.32 Å². The van der Waals surface area contributed by atoms with Crippen LogP contribution in [0.4, 0.5) is 0 Å². The lowest BCUT2D eigenvalue weighted by Crippen LogP contribution is -2.55. The zero-order valence-corrected chi connectivity index (χ0v) is 8.57. The molecule has 3 rings (SSSR count). The van der Waals surface area contributed by atoms with Gasteiger partial charge in [0.15, 0.2) is 0 Å². The molecule has 0 aromatic heterocycles. The Hall–Kier alpha value is -0.610. The van der Waals surface area contributed by atoms with Gasteiger partial charge in [-0.2, -0.15) is 0 Å². The van der Waals surface area contributed by atoms with E-state index in [1.54, 1.807) is 0 Å². The summed E-state index contributed by atoms with van der Waals surface area (Å²) in [5.41, 5.74) is 0. The molecule has 3 heterocycles. The van der Waals surface area contributed by atoms with E-state index in [1.807, 2.05) is 0 Å². The summed E-state index contributed by atoms with van der Waals surface area (Å²) < 4.78 is 0. The Bertz CT molecular complexity index is 250. The Morgan fingerprint density at radius 1 is 1.29 bits per heavy atom. The molecule has 0 aliphatic carbocycles. The number of carbonyl (C=O) groups excluding carboxylic acids is 1. The topological polar surface area (TPSA) is 45.5 Å². The van der Waals surface area contributed by atoms with Crippen LogP contribution >= 0.6 is 0 Å². The first-order valence-corrected chi connectivity index (χ1v) is 5.50. The summed E-state index contributed by atoms with van der Waals surface area (Å²) in [4.78, 5) is 16.5. The molecule has 0 saturated carbocycles. The maximum atomic E-state index is 12.0. The van der Waals surface area contributed by atoms with E-state index in [9.17, 15) is 4.79 Å². The van der Waals surface area contributed by atoms with Gasteiger partial charge >= 0.3 is 0 Å². The van der Waals surface area contributed by atoms with Gasteiger partial charge in [0.2, 0.25) is 5.91 Å². The molecule has 14 heavy (non-hydrogen) atoms. The minimum Gasteiger partial charge on any atom is -0.333 e. The van der Waals surface area contributed by atoms with Gasteiger partial charge < -0.3 is 15.1 Å². The van der Waals surface area contributed by atoms with Crippen LogP contribution in [-0.2, 0) is 4.79 Å². The first-order chi connectivity index (χ1) is 6.75. The zero-order valence-electron chi connectivity index (χ0n) is 8.57. The number of hydrogen-bond donors (Lipinski definition) is 1. The molecule has 3 saturated heterocycles. The van der Waals surface area contributed by atoms with E-state index in [1.165, 1.54) is 12.8 Å². The smallest absolute Gasteiger partial charge is 0.241 e. The molecule has 3 aliphatic rings. The predicted molar refractivity (Wildman–Crippen MR) is 52.9 cm³/mol. The highest BCUT2D eigenvalue weighted by Crippen LogP contribution is 2.30. The second-order valence-electron chi connectivity index (χ2n) is 4.81. The lowest BCUT2D eigenvalue weighted by molar-refractivity contribution is -0.136. The number of rotatable bonds is 1. The molecule has 4 nitrogen and oxygen atoms in total. The van der Waals surface area contributed by atoms with Crippen molar-refractivity contribution in [3.63, 3.8) is 0 Å². The first-order valence-electron chi connectivity index (χ1n) is 5.50. The van der Waals surface area contributed by atoms with Crippen LogP contribution in [0.2, 0.25) is 0 Å². The molecule has 3 aliphatic heterocycles. The summed E-state index contributed by atoms with van der Waals surface area (Å²) >= 11 is 0. The van der Waals surface area contributed by atoms with E-state index in [4.69, 9.17) is 0 Å². The van der Waals surface area contributed by atoms with Crippen molar-refractivity contribution in [2.45, 2.75) is 31.0 Å². The SMILES string of the molecule is CN1CC2CCC(C1)N2C(=O)C1CN1. The summed E-state index contributed by atoms with van der Waals surface area (Å²) in [7, 11) is 2.16. The van der Waals surface area contributed by atoms with Crippen LogP contribution in [0.5, 0.6) is 0 Å². The van der Waals surface area contributed by atoms with Gasteiger partial charge in [-0.1, -0.05) is 0 Å². The summed E-state index contributed by atoms with van der Waals surface area (Å²) in [5.74, 6) is 0.352. The number of hydrogen-bond acceptors (Lipinski definition) is 3. The second kappa shape index (κ2) is 2.94. The predicted octanol–water partition coefficient (Wildman–Crippen LogP) is -0.737. The van der Waals surface area contributed by atoms with Crippen LogP contribution in [0.15, 0.2) is 0 Å². The molecular weight excluding hydrogens is 178 g/mol. The molecule has 3 unspecified atom stereocenters. The van der Waals surface area contributed by atoms with E-state index in [0.29, 0.717) is 18.0 Å². The first kappa shape index (κ1) is 8.68. The van der Waals surface area contributed by atoms with E-state index in [-0.39, 0.29) is 6.04 Å². The number of fused-ring (bicyclic) bond motifs is 2. The maximum Gasteiger partial charge on any atom is 0.241 e. The van der Waals surface area contributed by atoms with E-state index in [2.05, 4.69) is 22.2 Å². The Labute approximate surface area is 84.2 Å². The maximum absolute atomic E-state index is 12.0. The number of carbonyl (C=O) groups is 1. The number of likely N-dealkylation sites (tertiary alicyclic amines) is 1. The van der Waals surface area contributed by atoms with E-state index < -0.39 is 0 Å². The van der Waals surface area contributed by atoms with Crippen molar-refractivity contribution in [2.75, 3.05) is 26.7 Å². The van der Waals surface area contributed by atoms with Gasteiger partial charge in [0.1, 0.15) is 0 Å². The Morgan fingerprint density at radius 3 is 2.36 bits per heavy atom. The lowest BCUT2D eigenvalue weighted by atomic mass is 10.2. The van der Waals surface area contributed by atoms with Gasteiger partial charge in [0.05, 0.1) is 6.04 Å². The second-order valence-corrected chi connectivity index (χ2v) is 4.81. The Kier molecular flexibility index (Phi) is 1.82. The highest BCUT2D eigenvalue weighted by atomic mass is 16.2. The highest BCUT2D eigenvalue weighted by molar-refractivity contribution is 5.85. The number of nitrogens with zero attached hydrogens (tertiary/aromatic N) is 2. The van der Waals surface area contributed by atoms with Crippen LogP contribution in [-0.4, -0.2) is 60.5 Å². The van der Waals surface area contributed by atoms with Gasteiger partial charge in [-0.15, -0.1) is 0 Å². The summed E-state index contributed by atoms with van der Waals surface area (Å²) in [6.07, 6.45) is 2.40. The van der Waals surface area contributed by atoms with Gasteiger partial charge in [-0.05, 0) is 19.9 Å². The fourth-order valence-electron chi connectivity index (χ4n) is 2.89. The molecule has 78 valence electrons. The molecule has 3 atom stereocenters. The van der Waals surface area contributed by atoms with Crippen LogP contribution in [0.25, 0.3) is 0 Å². The van der Waals surface area contributed by atoms with Gasteiger partial charge in [-0.3, -0.25) is 4.79 Å². The lowest BCUT2D eigenvalue weighted by Gasteiger charge is -2.39. The number of amides is 1. The molecule has 0 aromatic rings. The molecule has 3 fully saturated rings. The van der Waals surface area contributed by atoms with Crippen molar-refractivity contribution in [3.05, 3.63) is 0 Å². The van der Waals surface area contributed by atoms with Gasteiger partial charge in [0, 0.05) is 31.7 Å². The third-order valence-electron chi connectivity index (χ3n) is 3.63. The Balaban J connectivity index is 1.77. The van der Waals surface area contributed by atoms with Crippen LogP contribution in [0.3, 0.4) is 0 Å². The van der Waals surface area contributed by atoms with Crippen molar-refractivity contribution in [2.24, 2.45) is 0 Å². The molecule has 0 radical (unpaired) electrons. The van der Waals surface area contributed by atoms with Crippen molar-refractivity contribution >= 4 is 5.91 Å². The number of piperazine rings is 1. The molecule has 0 spiro atoms. The van der Waals surface area contributed by atoms with Crippen molar-refractivity contribution < 1.29 is 4.79 Å². The monoisotopic (exact) mass is 195 g/mol. The van der Waals surface area contributed by atoms with Crippen molar-refractivity contribution in [1.29, 1.82) is 0 Å². The molecular formula is C10H17N3O. The zero-order chi connectivity index (χ0) is 9.71. The highest BCUT2D eigenvalue weighted by Gasteiger charge is 2.45. The van der Waals surface area contributed by atoms with Gasteiger partial charge in [0.25, 0.3) is 0 Å². The van der Waals surface area contributed by atoms with Crippen molar-refractivity contribution in [1.82, 2.24) is 15.1 Å². The summed E-state index contributed by atoms with van der Waals surface area (Å²) in [6.45, 7) is 3.02. The molecule has 0 aromatic carbocycles. The molecule has 1 N–H and O–H groups in total. The standard InChI is InChI=1S/C10H17N3O/c1-12-5-7-2-3-8(6-12)13(7)10(14)9-4-11-9/h7-9,11H,2-6H2,1H3. The number of likely N-dealkylation sites (N-methyl/N-ethyl adjacent to an activating group) is 1. The van der Waals surface area contributed by atoms with Gasteiger partial charge in [-0.25, -0.2) is 0 Å². The fourth-order valence-corrected chi connectivity index (χ4v) is 2.89. The quantitative estimate of drug-likeness (QED) is 0.561. The van der Waals surface area contributed by atoms with Crippen LogP contribution in [0.1, 0.15) is 12.8 Å². The third-order valence-corrected chi connectivity index (χ3v) is 3.63. The average Bonchev–Trinajstić information content (AvgIpc) is 2.92. The average molecular weight is 195 g/mol. The van der Waals surface area contributed by atoms with E-state index in [0.717, 1.165) is 19.6 Å².